The third-order valence-corrected chi connectivity index (χ3v) is 7.43. The number of amides is 1. The maximum absolute atomic E-state index is 12.7. The number of sulfonamides is 1. The highest BCUT2D eigenvalue weighted by molar-refractivity contribution is 7.92. The number of benzene rings is 1. The van der Waals surface area contributed by atoms with Crippen LogP contribution >= 0.6 is 34.5 Å². The number of thiophene rings is 1. The Kier molecular flexibility index (Phi) is 10.2. The zero-order valence-electron chi connectivity index (χ0n) is 18.4. The minimum atomic E-state index is -4.09. The smallest absolute Gasteiger partial charge is 0.421 e. The molecule has 0 saturated carbocycles. The first kappa shape index (κ1) is 26.8. The van der Waals surface area contributed by atoms with Crippen molar-refractivity contribution in [1.82, 2.24) is 4.72 Å². The average molecular weight is 527 g/mol. The second-order valence-electron chi connectivity index (χ2n) is 8.00. The first-order valence-electron chi connectivity index (χ1n) is 10.3. The normalized spacial score (nSPS) is 12.0. The summed E-state index contributed by atoms with van der Waals surface area (Å²) in [5.74, 6) is 2.17. The summed E-state index contributed by atoms with van der Waals surface area (Å²) in [6.45, 7) is 5.89. The van der Waals surface area contributed by atoms with Gasteiger partial charge in [-0.25, -0.2) is 17.9 Å². The van der Waals surface area contributed by atoms with Crippen LogP contribution in [0, 0.1) is 0 Å². The van der Waals surface area contributed by atoms with E-state index in [1.54, 1.807) is 32.9 Å². The van der Waals surface area contributed by atoms with E-state index in [0.29, 0.717) is 46.6 Å². The molecule has 0 unspecified atom stereocenters. The van der Waals surface area contributed by atoms with E-state index >= 15 is 0 Å². The fraction of sp³-hybridized carbons (Fsp3) is 0.571. The molecule has 0 fully saturated rings. The number of rotatable bonds is 12. The number of halogens is 2. The fourth-order valence-corrected chi connectivity index (χ4v) is 5.26. The minimum Gasteiger partial charge on any atom is -0.490 e. The fourth-order valence-electron chi connectivity index (χ4n) is 2.60. The van der Waals surface area contributed by atoms with Crippen LogP contribution in [-0.2, 0) is 14.8 Å². The number of hydrogen-bond acceptors (Lipinski definition) is 7. The lowest BCUT2D eigenvalue weighted by molar-refractivity contribution is 0.0570. The summed E-state index contributed by atoms with van der Waals surface area (Å²) in [5, 5.41) is 0.667. The molecule has 1 N–H and O–H groups in total. The van der Waals surface area contributed by atoms with E-state index in [-0.39, 0.29) is 4.21 Å². The van der Waals surface area contributed by atoms with Crippen molar-refractivity contribution in [1.29, 1.82) is 0 Å². The van der Waals surface area contributed by atoms with Gasteiger partial charge in [-0.1, -0.05) is 0 Å². The molecule has 11 heteroatoms. The summed E-state index contributed by atoms with van der Waals surface area (Å²) < 4.78 is 44.8. The van der Waals surface area contributed by atoms with Crippen LogP contribution in [0.25, 0.3) is 10.1 Å². The van der Waals surface area contributed by atoms with Gasteiger partial charge in [0.15, 0.2) is 11.5 Å². The van der Waals surface area contributed by atoms with Gasteiger partial charge in [-0.05, 0) is 64.0 Å². The Bertz CT molecular complexity index is 953. The molecule has 1 aromatic heterocycles. The van der Waals surface area contributed by atoms with E-state index in [9.17, 15) is 13.2 Å². The largest absolute Gasteiger partial charge is 0.490 e. The van der Waals surface area contributed by atoms with Crippen molar-refractivity contribution in [3.8, 4) is 11.5 Å². The molecule has 2 aromatic rings. The lowest BCUT2D eigenvalue weighted by Gasteiger charge is -2.19. The number of ether oxygens (including phenoxy) is 3. The molecule has 0 aliphatic carbocycles. The van der Waals surface area contributed by atoms with Crippen LogP contribution < -0.4 is 14.2 Å². The second kappa shape index (κ2) is 12.2. The van der Waals surface area contributed by atoms with Crippen LogP contribution in [0.3, 0.4) is 0 Å². The Morgan fingerprint density at radius 2 is 1.53 bits per heavy atom. The van der Waals surface area contributed by atoms with Gasteiger partial charge in [-0.15, -0.1) is 34.5 Å². The summed E-state index contributed by atoms with van der Waals surface area (Å²) >= 11 is 12.5. The third kappa shape index (κ3) is 8.50. The van der Waals surface area contributed by atoms with E-state index in [4.69, 9.17) is 37.4 Å². The SMILES string of the molecule is CC(C)(C)OC(=O)NS(=O)(=O)c1cc2cc(OCCCCCl)c(OCCCCCl)cc2s1. The molecule has 0 aliphatic heterocycles. The van der Waals surface area contributed by atoms with Crippen molar-refractivity contribution in [3.63, 3.8) is 0 Å². The van der Waals surface area contributed by atoms with E-state index < -0.39 is 21.7 Å². The highest BCUT2D eigenvalue weighted by Crippen LogP contribution is 2.38. The standard InChI is InChI=1S/C21H29Cl2NO6S2/c1-21(2,3)30-20(25)24-32(26,27)19-13-15-12-16(28-10-6-4-8-22)17(14-18(15)31-19)29-11-7-5-9-23/h12-14H,4-11H2,1-3H3,(H,24,25). The molecule has 0 bridgehead atoms. The topological polar surface area (TPSA) is 90.9 Å². The van der Waals surface area contributed by atoms with Crippen molar-refractivity contribution in [2.24, 2.45) is 0 Å². The van der Waals surface area contributed by atoms with Crippen molar-refractivity contribution in [3.05, 3.63) is 18.2 Å². The van der Waals surface area contributed by atoms with Gasteiger partial charge in [0.05, 0.1) is 13.2 Å². The Balaban J connectivity index is 2.27. The Morgan fingerprint density at radius 3 is 2.06 bits per heavy atom. The van der Waals surface area contributed by atoms with Crippen molar-refractivity contribution < 1.29 is 27.4 Å². The number of nitrogens with one attached hydrogen (secondary N) is 1. The van der Waals surface area contributed by atoms with Crippen LogP contribution in [0.5, 0.6) is 11.5 Å². The number of hydrogen-bond donors (Lipinski definition) is 1. The van der Waals surface area contributed by atoms with Gasteiger partial charge in [-0.3, -0.25) is 0 Å². The molecule has 1 heterocycles. The van der Waals surface area contributed by atoms with E-state index in [2.05, 4.69) is 0 Å². The van der Waals surface area contributed by atoms with Gasteiger partial charge in [-0.2, -0.15) is 0 Å². The molecule has 2 rings (SSSR count). The highest BCUT2D eigenvalue weighted by Gasteiger charge is 2.25. The van der Waals surface area contributed by atoms with Crippen LogP contribution in [-0.4, -0.2) is 45.1 Å². The molecule has 0 saturated heterocycles. The summed E-state index contributed by atoms with van der Waals surface area (Å²) in [6.07, 6.45) is 2.20. The van der Waals surface area contributed by atoms with Crippen LogP contribution in [0.1, 0.15) is 46.5 Å². The average Bonchev–Trinajstić information content (AvgIpc) is 3.10. The third-order valence-electron chi connectivity index (χ3n) is 4.01. The first-order valence-corrected chi connectivity index (χ1v) is 13.6. The molecule has 1 aromatic carbocycles. The van der Waals surface area contributed by atoms with Gasteiger partial charge < -0.3 is 14.2 Å². The summed E-state index contributed by atoms with van der Waals surface area (Å²) in [5.41, 5.74) is -0.814. The molecule has 0 aliphatic rings. The predicted molar refractivity (Wildman–Crippen MR) is 129 cm³/mol. The van der Waals surface area contributed by atoms with Gasteiger partial charge in [0.2, 0.25) is 0 Å². The first-order chi connectivity index (χ1) is 15.1. The van der Waals surface area contributed by atoms with Crippen molar-refractivity contribution in [2.75, 3.05) is 25.0 Å². The quantitative estimate of drug-likeness (QED) is 0.273. The van der Waals surface area contributed by atoms with Crippen molar-refractivity contribution >= 4 is 60.7 Å². The van der Waals surface area contributed by atoms with Crippen LogP contribution in [0.15, 0.2) is 22.4 Å². The van der Waals surface area contributed by atoms with Gasteiger partial charge >= 0.3 is 6.09 Å². The molecule has 0 atom stereocenters. The van der Waals surface area contributed by atoms with Gasteiger partial charge in [0, 0.05) is 22.5 Å². The van der Waals surface area contributed by atoms with Crippen LogP contribution in [0.4, 0.5) is 4.79 Å². The molecule has 7 nitrogen and oxygen atoms in total. The summed E-state index contributed by atoms with van der Waals surface area (Å²) in [7, 11) is -4.09. The van der Waals surface area contributed by atoms with Crippen LogP contribution in [0.2, 0.25) is 0 Å². The number of carbonyl (C=O) groups is 1. The second-order valence-corrected chi connectivity index (χ2v) is 11.7. The Labute approximate surface area is 203 Å². The lowest BCUT2D eigenvalue weighted by atomic mass is 10.2. The number of alkyl halides is 2. The predicted octanol–water partition coefficient (Wildman–Crippen LogP) is 5.91. The minimum absolute atomic E-state index is 0.00857. The molecule has 32 heavy (non-hydrogen) atoms. The highest BCUT2D eigenvalue weighted by atomic mass is 35.5. The molecule has 1 amide bonds. The maximum atomic E-state index is 12.7. The summed E-state index contributed by atoms with van der Waals surface area (Å²) in [6, 6.07) is 5.00. The van der Waals surface area contributed by atoms with E-state index in [1.165, 1.54) is 6.07 Å². The molecular weight excluding hydrogens is 497 g/mol. The number of carbonyl (C=O) groups excluding carboxylic acids is 1. The van der Waals surface area contributed by atoms with Crippen molar-refractivity contribution in [2.45, 2.75) is 56.3 Å². The molecular formula is C21H29Cl2NO6S2. The zero-order chi connectivity index (χ0) is 23.8. The Hall–Kier alpha value is -1.42. The lowest BCUT2D eigenvalue weighted by Crippen LogP contribution is -2.36. The monoisotopic (exact) mass is 525 g/mol. The Morgan fingerprint density at radius 1 is 0.969 bits per heavy atom. The van der Waals surface area contributed by atoms with Gasteiger partial charge in [0.1, 0.15) is 9.81 Å². The van der Waals surface area contributed by atoms with Gasteiger partial charge in [0.25, 0.3) is 10.0 Å². The zero-order valence-corrected chi connectivity index (χ0v) is 21.6. The number of unbranched alkanes of at least 4 members (excludes halogenated alkanes) is 2. The molecule has 0 spiro atoms. The molecule has 0 radical (unpaired) electrons. The maximum Gasteiger partial charge on any atom is 0.421 e. The number of fused-ring (bicyclic) bond motifs is 1. The van der Waals surface area contributed by atoms with E-state index in [1.807, 2.05) is 4.72 Å². The summed E-state index contributed by atoms with van der Waals surface area (Å²) in [4.78, 5) is 11.9. The van der Waals surface area contributed by atoms with E-state index in [0.717, 1.165) is 37.0 Å². The molecule has 180 valence electrons.